The fourth-order valence-corrected chi connectivity index (χ4v) is 4.09. The number of nitro groups is 1. The Balaban J connectivity index is 2.20. The van der Waals surface area contributed by atoms with Crippen LogP contribution >= 0.6 is 0 Å². The normalized spacial score (nSPS) is 16.8. The van der Waals surface area contributed by atoms with Gasteiger partial charge in [-0.2, -0.15) is 0 Å². The number of sulfonamides is 1. The van der Waals surface area contributed by atoms with Crippen LogP contribution in [0.15, 0.2) is 23.1 Å². The Bertz CT molecular complexity index is 730. The molecule has 0 spiro atoms. The number of hydrogen-bond donors (Lipinski definition) is 2. The zero-order valence-electron chi connectivity index (χ0n) is 15.6. The van der Waals surface area contributed by atoms with Crippen molar-refractivity contribution in [3.63, 3.8) is 0 Å². The maximum Gasteiger partial charge on any atom is 0.293 e. The molecule has 2 N–H and O–H groups in total. The number of nitrogens with one attached hydrogen (secondary N) is 2. The van der Waals surface area contributed by atoms with Gasteiger partial charge in [-0.3, -0.25) is 15.0 Å². The first-order valence-electron chi connectivity index (χ1n) is 8.94. The van der Waals surface area contributed by atoms with Crippen LogP contribution in [0.2, 0.25) is 0 Å². The summed E-state index contributed by atoms with van der Waals surface area (Å²) in [4.78, 5) is 13.2. The second kappa shape index (κ2) is 8.79. The highest BCUT2D eigenvalue weighted by Crippen LogP contribution is 2.28. The summed E-state index contributed by atoms with van der Waals surface area (Å²) in [5.41, 5.74) is 0.115. The molecule has 0 amide bonds. The number of rotatable bonds is 9. The topological polar surface area (TPSA) is 105 Å². The fourth-order valence-electron chi connectivity index (χ4n) is 3.34. The molecule has 0 radical (unpaired) electrons. The number of benzene rings is 1. The minimum atomic E-state index is -3.72. The van der Waals surface area contributed by atoms with Gasteiger partial charge in [0, 0.05) is 18.7 Å². The van der Waals surface area contributed by atoms with E-state index in [1.165, 1.54) is 32.0 Å². The van der Waals surface area contributed by atoms with Gasteiger partial charge >= 0.3 is 0 Å². The maximum absolute atomic E-state index is 11.9. The molecule has 26 heavy (non-hydrogen) atoms. The van der Waals surface area contributed by atoms with Gasteiger partial charge in [0.15, 0.2) is 0 Å². The van der Waals surface area contributed by atoms with Gasteiger partial charge in [0.2, 0.25) is 10.0 Å². The molecule has 8 nitrogen and oxygen atoms in total. The van der Waals surface area contributed by atoms with E-state index in [2.05, 4.69) is 28.8 Å². The average molecular weight is 385 g/mol. The van der Waals surface area contributed by atoms with E-state index in [0.29, 0.717) is 24.2 Å². The third-order valence-electron chi connectivity index (χ3n) is 4.67. The minimum absolute atomic E-state index is 0.115. The Labute approximate surface area is 155 Å². The fraction of sp³-hybridized carbons (Fsp3) is 0.647. The lowest BCUT2D eigenvalue weighted by Gasteiger charge is -2.29. The molecular formula is C17H28N4O4S. The Morgan fingerprint density at radius 3 is 2.46 bits per heavy atom. The first-order chi connectivity index (χ1) is 12.2. The standard InChI is InChI=1S/C17H28N4O4S/c1-13(2)10-14(20-8-4-5-9-20)12-19-16-7-6-15(26(24,25)18-3)11-17(16)21(22)23/h6-7,11,13-14,18-19H,4-5,8-10,12H2,1-3H3/t14-/m1/s1. The van der Waals surface area contributed by atoms with Crippen LogP contribution in [0.25, 0.3) is 0 Å². The van der Waals surface area contributed by atoms with Crippen molar-refractivity contribution in [3.05, 3.63) is 28.3 Å². The van der Waals surface area contributed by atoms with Crippen LogP contribution in [0.4, 0.5) is 11.4 Å². The molecule has 1 aromatic rings. The first-order valence-corrected chi connectivity index (χ1v) is 10.4. The lowest BCUT2D eigenvalue weighted by Crippen LogP contribution is -2.39. The molecule has 2 rings (SSSR count). The lowest BCUT2D eigenvalue weighted by atomic mass is 10.0. The van der Waals surface area contributed by atoms with Crippen molar-refractivity contribution < 1.29 is 13.3 Å². The van der Waals surface area contributed by atoms with Gasteiger partial charge < -0.3 is 5.32 Å². The largest absolute Gasteiger partial charge is 0.378 e. The second-order valence-corrected chi connectivity index (χ2v) is 8.94. The van der Waals surface area contributed by atoms with Crippen molar-refractivity contribution in [1.29, 1.82) is 0 Å². The molecule has 1 aliphatic rings. The van der Waals surface area contributed by atoms with Crippen molar-refractivity contribution in [1.82, 2.24) is 9.62 Å². The van der Waals surface area contributed by atoms with Crippen LogP contribution < -0.4 is 10.0 Å². The Morgan fingerprint density at radius 2 is 1.92 bits per heavy atom. The first kappa shape index (κ1) is 20.6. The van der Waals surface area contributed by atoms with Crippen molar-refractivity contribution in [2.75, 3.05) is 32.0 Å². The molecule has 1 heterocycles. The van der Waals surface area contributed by atoms with E-state index in [0.717, 1.165) is 25.6 Å². The summed E-state index contributed by atoms with van der Waals surface area (Å²) in [6.07, 6.45) is 3.38. The van der Waals surface area contributed by atoms with E-state index in [1.807, 2.05) is 0 Å². The van der Waals surface area contributed by atoms with Gasteiger partial charge in [0.1, 0.15) is 5.69 Å². The van der Waals surface area contributed by atoms with Crippen molar-refractivity contribution in [3.8, 4) is 0 Å². The van der Waals surface area contributed by atoms with Crippen LogP contribution in [0.5, 0.6) is 0 Å². The van der Waals surface area contributed by atoms with Crippen molar-refractivity contribution >= 4 is 21.4 Å². The summed E-state index contributed by atoms with van der Waals surface area (Å²) in [6.45, 7) is 7.05. The molecule has 1 aromatic carbocycles. The van der Waals surface area contributed by atoms with Crippen LogP contribution in [0.1, 0.15) is 33.1 Å². The molecule has 0 aromatic heterocycles. The Morgan fingerprint density at radius 1 is 1.27 bits per heavy atom. The second-order valence-electron chi connectivity index (χ2n) is 7.05. The molecule has 0 aliphatic carbocycles. The molecule has 9 heteroatoms. The summed E-state index contributed by atoms with van der Waals surface area (Å²) in [5, 5.41) is 14.6. The van der Waals surface area contributed by atoms with E-state index in [-0.39, 0.29) is 10.6 Å². The third kappa shape index (κ3) is 5.15. The highest BCUT2D eigenvalue weighted by molar-refractivity contribution is 7.89. The molecule has 1 atom stereocenters. The van der Waals surface area contributed by atoms with Gasteiger partial charge in [-0.1, -0.05) is 13.8 Å². The Kier molecular flexibility index (Phi) is 6.96. The van der Waals surface area contributed by atoms with Crippen molar-refractivity contribution in [2.45, 2.75) is 44.0 Å². The predicted molar refractivity (Wildman–Crippen MR) is 102 cm³/mol. The number of nitro benzene ring substituents is 1. The van der Waals surface area contributed by atoms with Crippen LogP contribution in [-0.2, 0) is 10.0 Å². The molecule has 0 unspecified atom stereocenters. The van der Waals surface area contributed by atoms with Gasteiger partial charge in [0.25, 0.3) is 5.69 Å². The summed E-state index contributed by atoms with van der Waals surface area (Å²) in [5.74, 6) is 0.528. The average Bonchev–Trinajstić information content (AvgIpc) is 3.12. The number of likely N-dealkylation sites (tertiary alicyclic amines) is 1. The summed E-state index contributed by atoms with van der Waals surface area (Å²) in [7, 11) is -2.44. The van der Waals surface area contributed by atoms with Crippen LogP contribution in [0.3, 0.4) is 0 Å². The lowest BCUT2D eigenvalue weighted by molar-refractivity contribution is -0.384. The number of anilines is 1. The number of nitrogens with zero attached hydrogens (tertiary/aromatic N) is 2. The summed E-state index contributed by atoms with van der Waals surface area (Å²) < 4.78 is 25.9. The SMILES string of the molecule is CNS(=O)(=O)c1ccc(NC[C@@H](CC(C)C)N2CCCC2)c([N+](=O)[O-])c1. The molecule has 1 fully saturated rings. The highest BCUT2D eigenvalue weighted by atomic mass is 32.2. The van der Waals surface area contributed by atoms with Gasteiger partial charge in [0.05, 0.1) is 9.82 Å². The third-order valence-corrected chi connectivity index (χ3v) is 6.09. The minimum Gasteiger partial charge on any atom is -0.378 e. The summed E-state index contributed by atoms with van der Waals surface area (Å²) in [6, 6.07) is 4.26. The maximum atomic E-state index is 11.9. The molecule has 146 valence electrons. The smallest absolute Gasteiger partial charge is 0.293 e. The van der Waals surface area contributed by atoms with E-state index < -0.39 is 14.9 Å². The number of hydrogen-bond acceptors (Lipinski definition) is 6. The predicted octanol–water partition coefficient (Wildman–Crippen LogP) is 2.43. The summed E-state index contributed by atoms with van der Waals surface area (Å²) >= 11 is 0. The van der Waals surface area contributed by atoms with Gasteiger partial charge in [-0.05, 0) is 57.5 Å². The Hall–Kier alpha value is -1.71. The molecule has 0 saturated carbocycles. The zero-order chi connectivity index (χ0) is 19.3. The van der Waals surface area contributed by atoms with Gasteiger partial charge in [-0.15, -0.1) is 0 Å². The van der Waals surface area contributed by atoms with Crippen LogP contribution in [0, 0.1) is 16.0 Å². The van der Waals surface area contributed by atoms with E-state index >= 15 is 0 Å². The monoisotopic (exact) mass is 384 g/mol. The zero-order valence-corrected chi connectivity index (χ0v) is 16.4. The van der Waals surface area contributed by atoms with E-state index in [1.54, 1.807) is 0 Å². The van der Waals surface area contributed by atoms with Crippen molar-refractivity contribution in [2.24, 2.45) is 5.92 Å². The van der Waals surface area contributed by atoms with Gasteiger partial charge in [-0.25, -0.2) is 13.1 Å². The highest BCUT2D eigenvalue weighted by Gasteiger charge is 2.25. The van der Waals surface area contributed by atoms with E-state index in [4.69, 9.17) is 0 Å². The van der Waals surface area contributed by atoms with Crippen LogP contribution in [-0.4, -0.2) is 51.0 Å². The molecule has 0 bridgehead atoms. The quantitative estimate of drug-likeness (QED) is 0.500. The molecule has 1 saturated heterocycles. The molecular weight excluding hydrogens is 356 g/mol. The molecule has 1 aliphatic heterocycles. The van der Waals surface area contributed by atoms with E-state index in [9.17, 15) is 18.5 Å².